The Morgan fingerprint density at radius 1 is 1.44 bits per heavy atom. The minimum atomic E-state index is -0.683. The van der Waals surface area contributed by atoms with E-state index in [4.69, 9.17) is 11.6 Å². The number of hydrogen-bond acceptors (Lipinski definition) is 2. The first kappa shape index (κ1) is 13.4. The molecule has 0 aromatic heterocycles. The second-order valence-corrected chi connectivity index (χ2v) is 5.59. The van der Waals surface area contributed by atoms with Crippen LogP contribution in [0.3, 0.4) is 0 Å². The molecule has 0 aliphatic carbocycles. The summed E-state index contributed by atoms with van der Waals surface area (Å²) in [5, 5.41) is 10.6. The molecule has 1 amide bonds. The number of carbonyl (C=O) groups is 1. The molecule has 1 heterocycles. The summed E-state index contributed by atoms with van der Waals surface area (Å²) in [5.41, 5.74) is 0.881. The van der Waals surface area contributed by atoms with Crippen molar-refractivity contribution in [2.24, 2.45) is 0 Å². The summed E-state index contributed by atoms with van der Waals surface area (Å²) in [5.74, 6) is -0.0543. The van der Waals surface area contributed by atoms with E-state index in [9.17, 15) is 9.90 Å². The van der Waals surface area contributed by atoms with Gasteiger partial charge in [-0.15, -0.1) is 0 Å². The summed E-state index contributed by atoms with van der Waals surface area (Å²) in [4.78, 5) is 13.8. The third-order valence-electron chi connectivity index (χ3n) is 3.26. The van der Waals surface area contributed by atoms with Gasteiger partial charge in [-0.25, -0.2) is 0 Å². The highest BCUT2D eigenvalue weighted by Gasteiger charge is 2.42. The van der Waals surface area contributed by atoms with E-state index in [1.54, 1.807) is 11.0 Å². The molecule has 1 aromatic carbocycles. The zero-order chi connectivity index (χ0) is 13.3. The summed E-state index contributed by atoms with van der Waals surface area (Å²) in [6.07, 6.45) is 1.67. The van der Waals surface area contributed by atoms with Crippen LogP contribution in [-0.2, 0) is 0 Å². The van der Waals surface area contributed by atoms with Crippen LogP contribution in [0.15, 0.2) is 18.2 Å². The quantitative estimate of drug-likeness (QED) is 0.915. The summed E-state index contributed by atoms with van der Waals surface area (Å²) >= 11 is 5.95. The molecule has 0 radical (unpaired) electrons. The number of nitrogens with zero attached hydrogens (tertiary/aromatic N) is 1. The van der Waals surface area contributed by atoms with Gasteiger partial charge >= 0.3 is 0 Å². The fourth-order valence-corrected chi connectivity index (χ4v) is 2.76. The van der Waals surface area contributed by atoms with Crippen LogP contribution in [0.4, 0.5) is 0 Å². The van der Waals surface area contributed by atoms with Gasteiger partial charge in [0.05, 0.1) is 18.7 Å². The van der Waals surface area contributed by atoms with Crippen molar-refractivity contribution in [1.82, 2.24) is 4.90 Å². The highest BCUT2D eigenvalue weighted by molar-refractivity contribution is 6.31. The fourth-order valence-electron chi connectivity index (χ4n) is 2.47. The average molecular weight is 268 g/mol. The molecule has 98 valence electrons. The van der Waals surface area contributed by atoms with E-state index in [1.165, 1.54) is 0 Å². The lowest BCUT2D eigenvalue weighted by Crippen LogP contribution is -2.63. The van der Waals surface area contributed by atoms with Crippen LogP contribution in [0.1, 0.15) is 35.7 Å². The Labute approximate surface area is 112 Å². The minimum absolute atomic E-state index is 0.0543. The van der Waals surface area contributed by atoms with Crippen LogP contribution < -0.4 is 0 Å². The first-order valence-electron chi connectivity index (χ1n) is 6.22. The van der Waals surface area contributed by atoms with Crippen molar-refractivity contribution < 1.29 is 9.90 Å². The molecule has 1 saturated heterocycles. The van der Waals surface area contributed by atoms with Crippen LogP contribution in [-0.4, -0.2) is 34.6 Å². The summed E-state index contributed by atoms with van der Waals surface area (Å²) in [6.45, 7) is 4.78. The number of halogens is 1. The Balaban J connectivity index is 2.06. The molecular formula is C14H18ClNO2. The van der Waals surface area contributed by atoms with Gasteiger partial charge in [-0.2, -0.15) is 0 Å². The molecule has 2 rings (SSSR count). The molecule has 1 aliphatic rings. The minimum Gasteiger partial charge on any atom is -0.386 e. The Hall–Kier alpha value is -1.06. The number of amides is 1. The predicted octanol–water partition coefficient (Wildman–Crippen LogP) is 2.64. The van der Waals surface area contributed by atoms with Gasteiger partial charge in [0.15, 0.2) is 0 Å². The number of aryl methyl sites for hydroxylation is 1. The van der Waals surface area contributed by atoms with Crippen LogP contribution in [0.2, 0.25) is 5.02 Å². The van der Waals surface area contributed by atoms with E-state index < -0.39 is 5.60 Å². The van der Waals surface area contributed by atoms with Crippen molar-refractivity contribution >= 4 is 17.5 Å². The maximum atomic E-state index is 12.2. The number of benzene rings is 1. The number of hydrogen-bond donors (Lipinski definition) is 1. The molecule has 1 N–H and O–H groups in total. The predicted molar refractivity (Wildman–Crippen MR) is 72.0 cm³/mol. The van der Waals surface area contributed by atoms with Crippen molar-refractivity contribution in [3.05, 3.63) is 34.3 Å². The maximum Gasteiger partial charge on any atom is 0.254 e. The van der Waals surface area contributed by atoms with Gasteiger partial charge in [0, 0.05) is 10.6 Å². The summed E-state index contributed by atoms with van der Waals surface area (Å²) in [6, 6.07) is 5.32. The smallest absolute Gasteiger partial charge is 0.254 e. The third-order valence-corrected chi connectivity index (χ3v) is 3.48. The van der Waals surface area contributed by atoms with E-state index in [0.717, 1.165) is 18.4 Å². The van der Waals surface area contributed by atoms with Crippen molar-refractivity contribution in [3.63, 3.8) is 0 Å². The van der Waals surface area contributed by atoms with Gasteiger partial charge in [-0.05, 0) is 37.1 Å². The van der Waals surface area contributed by atoms with E-state index >= 15 is 0 Å². The maximum absolute atomic E-state index is 12.2. The lowest BCUT2D eigenvalue weighted by molar-refractivity contribution is -0.0860. The van der Waals surface area contributed by atoms with Crippen LogP contribution in [0, 0.1) is 6.92 Å². The van der Waals surface area contributed by atoms with Gasteiger partial charge in [0.25, 0.3) is 5.91 Å². The molecule has 0 atom stereocenters. The van der Waals surface area contributed by atoms with Gasteiger partial charge in [0.1, 0.15) is 0 Å². The number of aliphatic hydroxyl groups is 1. The van der Waals surface area contributed by atoms with Gasteiger partial charge < -0.3 is 10.0 Å². The van der Waals surface area contributed by atoms with Crippen LogP contribution in [0.25, 0.3) is 0 Å². The largest absolute Gasteiger partial charge is 0.386 e. The standard InChI is InChI=1S/C14H18ClNO2/c1-3-4-14(18)8-16(9-14)13(17)11-5-10(2)6-12(15)7-11/h5-7,18H,3-4,8-9H2,1-2H3. The topological polar surface area (TPSA) is 40.5 Å². The van der Waals surface area contributed by atoms with E-state index in [-0.39, 0.29) is 5.91 Å². The lowest BCUT2D eigenvalue weighted by Gasteiger charge is -2.46. The zero-order valence-corrected chi connectivity index (χ0v) is 11.5. The molecule has 3 nitrogen and oxygen atoms in total. The molecule has 1 aromatic rings. The SMILES string of the molecule is CCCC1(O)CN(C(=O)c2cc(C)cc(Cl)c2)C1. The van der Waals surface area contributed by atoms with Crippen molar-refractivity contribution in [3.8, 4) is 0 Å². The monoisotopic (exact) mass is 267 g/mol. The second kappa shape index (κ2) is 4.90. The highest BCUT2D eigenvalue weighted by Crippen LogP contribution is 2.28. The molecule has 0 unspecified atom stereocenters. The second-order valence-electron chi connectivity index (χ2n) is 5.15. The lowest BCUT2D eigenvalue weighted by atomic mass is 9.88. The molecular weight excluding hydrogens is 250 g/mol. The number of carbonyl (C=O) groups excluding carboxylic acids is 1. The number of β-amino-alcohol motifs (C(OH)–C–C–N with tert-alkyl or cyclic N) is 1. The number of likely N-dealkylation sites (tertiary alicyclic amines) is 1. The fraction of sp³-hybridized carbons (Fsp3) is 0.500. The molecule has 1 fully saturated rings. The van der Waals surface area contributed by atoms with Gasteiger partial charge in [0.2, 0.25) is 0 Å². The Morgan fingerprint density at radius 3 is 2.67 bits per heavy atom. The Bertz CT molecular complexity index is 447. The third kappa shape index (κ3) is 2.68. The summed E-state index contributed by atoms with van der Waals surface area (Å²) < 4.78 is 0. The van der Waals surface area contributed by atoms with E-state index in [0.29, 0.717) is 23.7 Å². The Kier molecular flexibility index (Phi) is 3.64. The van der Waals surface area contributed by atoms with Crippen LogP contribution in [0.5, 0.6) is 0 Å². The van der Waals surface area contributed by atoms with Crippen molar-refractivity contribution in [2.45, 2.75) is 32.3 Å². The van der Waals surface area contributed by atoms with Crippen LogP contribution >= 0.6 is 11.6 Å². The summed E-state index contributed by atoms with van der Waals surface area (Å²) in [7, 11) is 0. The van der Waals surface area contributed by atoms with Crippen molar-refractivity contribution in [1.29, 1.82) is 0 Å². The molecule has 1 aliphatic heterocycles. The van der Waals surface area contributed by atoms with E-state index in [2.05, 4.69) is 0 Å². The van der Waals surface area contributed by atoms with Crippen molar-refractivity contribution in [2.75, 3.05) is 13.1 Å². The average Bonchev–Trinajstić information content (AvgIpc) is 2.23. The molecule has 0 bridgehead atoms. The first-order chi connectivity index (χ1) is 8.43. The molecule has 0 spiro atoms. The first-order valence-corrected chi connectivity index (χ1v) is 6.60. The molecule has 0 saturated carbocycles. The normalized spacial score (nSPS) is 17.4. The van der Waals surface area contributed by atoms with E-state index in [1.807, 2.05) is 26.0 Å². The molecule has 18 heavy (non-hydrogen) atoms. The van der Waals surface area contributed by atoms with Gasteiger partial charge in [-0.3, -0.25) is 4.79 Å². The number of rotatable bonds is 3. The zero-order valence-electron chi connectivity index (χ0n) is 10.7. The molecule has 4 heteroatoms. The van der Waals surface area contributed by atoms with Gasteiger partial charge in [-0.1, -0.05) is 24.9 Å². The Morgan fingerprint density at radius 2 is 2.11 bits per heavy atom. The highest BCUT2D eigenvalue weighted by atomic mass is 35.5.